The van der Waals surface area contributed by atoms with E-state index in [0.717, 1.165) is 11.3 Å². The maximum Gasteiger partial charge on any atom is 0.255 e. The molecule has 0 aliphatic carbocycles. The number of carbonyl (C=O) groups excluding carboxylic acids is 2. The van der Waals surface area contributed by atoms with Gasteiger partial charge in [-0.05, 0) is 42.0 Å². The van der Waals surface area contributed by atoms with Gasteiger partial charge in [-0.2, -0.15) is 5.10 Å². The van der Waals surface area contributed by atoms with Crippen LogP contribution in [-0.2, 0) is 4.79 Å². The Labute approximate surface area is 139 Å². The Morgan fingerprint density at radius 1 is 1.17 bits per heavy atom. The zero-order valence-electron chi connectivity index (χ0n) is 13.1. The molecule has 0 bridgehead atoms. The first-order valence-corrected chi connectivity index (χ1v) is 7.60. The lowest BCUT2D eigenvalue weighted by Crippen LogP contribution is -2.31. The molecule has 2 amide bonds. The van der Waals surface area contributed by atoms with Crippen molar-refractivity contribution in [2.45, 2.75) is 13.3 Å². The van der Waals surface area contributed by atoms with Gasteiger partial charge in [0.25, 0.3) is 5.91 Å². The molecule has 24 heavy (non-hydrogen) atoms. The van der Waals surface area contributed by atoms with Crippen LogP contribution in [0.3, 0.4) is 0 Å². The topological polar surface area (TPSA) is 90.8 Å². The van der Waals surface area contributed by atoms with Crippen LogP contribution in [0, 0.1) is 5.92 Å². The molecule has 6 nitrogen and oxygen atoms in total. The van der Waals surface area contributed by atoms with Crippen molar-refractivity contribution < 1.29 is 14.7 Å². The quantitative estimate of drug-likeness (QED) is 0.810. The maximum absolute atomic E-state index is 12.1. The Morgan fingerprint density at radius 2 is 1.83 bits per heavy atom. The highest BCUT2D eigenvalue weighted by atomic mass is 16.3. The molecule has 0 saturated carbocycles. The highest BCUT2D eigenvalue weighted by Gasteiger charge is 2.21. The highest BCUT2D eigenvalue weighted by Crippen LogP contribution is 2.19. The molecule has 1 aliphatic rings. The number of aromatic hydroxyl groups is 1. The number of hydrogen-bond acceptors (Lipinski definition) is 4. The number of benzene rings is 2. The molecule has 2 aromatic carbocycles. The second kappa shape index (κ2) is 6.54. The molecule has 1 aliphatic heterocycles. The van der Waals surface area contributed by atoms with Gasteiger partial charge in [-0.25, -0.2) is 5.43 Å². The third kappa shape index (κ3) is 3.43. The Hall–Kier alpha value is -3.15. The molecule has 0 fully saturated rings. The SMILES string of the molecule is CC1CC(=O)NN=C1c1ccc(NC(=O)c2ccc(O)cc2)cc1. The molecule has 3 rings (SSSR count). The second-order valence-electron chi connectivity index (χ2n) is 5.72. The van der Waals surface area contributed by atoms with E-state index in [1.54, 1.807) is 24.3 Å². The Morgan fingerprint density at radius 3 is 2.46 bits per heavy atom. The van der Waals surface area contributed by atoms with Gasteiger partial charge in [0.05, 0.1) is 5.71 Å². The lowest BCUT2D eigenvalue weighted by Gasteiger charge is -2.19. The summed E-state index contributed by atoms with van der Waals surface area (Å²) in [5.41, 5.74) is 5.35. The molecule has 122 valence electrons. The normalized spacial score (nSPS) is 17.0. The van der Waals surface area contributed by atoms with Crippen LogP contribution in [0.25, 0.3) is 0 Å². The first-order valence-electron chi connectivity index (χ1n) is 7.60. The van der Waals surface area contributed by atoms with E-state index in [4.69, 9.17) is 0 Å². The van der Waals surface area contributed by atoms with Gasteiger partial charge in [-0.3, -0.25) is 9.59 Å². The number of nitrogens with one attached hydrogen (secondary N) is 2. The number of amides is 2. The number of nitrogens with zero attached hydrogens (tertiary/aromatic N) is 1. The van der Waals surface area contributed by atoms with E-state index in [1.165, 1.54) is 12.1 Å². The first-order chi connectivity index (χ1) is 11.5. The van der Waals surface area contributed by atoms with Crippen LogP contribution in [0.5, 0.6) is 5.75 Å². The molecule has 0 aromatic heterocycles. The summed E-state index contributed by atoms with van der Waals surface area (Å²) in [4.78, 5) is 23.4. The van der Waals surface area contributed by atoms with E-state index in [2.05, 4.69) is 15.8 Å². The second-order valence-corrected chi connectivity index (χ2v) is 5.72. The van der Waals surface area contributed by atoms with Gasteiger partial charge in [0.2, 0.25) is 5.91 Å². The van der Waals surface area contributed by atoms with Crippen LogP contribution in [0.2, 0.25) is 0 Å². The minimum Gasteiger partial charge on any atom is -0.508 e. The molecular formula is C18H17N3O3. The fraction of sp³-hybridized carbons (Fsp3) is 0.167. The lowest BCUT2D eigenvalue weighted by molar-refractivity contribution is -0.121. The fourth-order valence-electron chi connectivity index (χ4n) is 2.54. The minimum atomic E-state index is -0.251. The third-order valence-corrected chi connectivity index (χ3v) is 3.83. The summed E-state index contributed by atoms with van der Waals surface area (Å²) < 4.78 is 0. The molecule has 6 heteroatoms. The first kappa shape index (κ1) is 15.7. The van der Waals surface area contributed by atoms with E-state index >= 15 is 0 Å². The van der Waals surface area contributed by atoms with Crippen molar-refractivity contribution in [2.75, 3.05) is 5.32 Å². The van der Waals surface area contributed by atoms with Gasteiger partial charge < -0.3 is 10.4 Å². The van der Waals surface area contributed by atoms with E-state index in [0.29, 0.717) is 17.7 Å². The Balaban J connectivity index is 1.72. The summed E-state index contributed by atoms with van der Waals surface area (Å²) in [5.74, 6) is -0.163. The summed E-state index contributed by atoms with van der Waals surface area (Å²) in [6.45, 7) is 1.96. The molecule has 1 unspecified atom stereocenters. The average molecular weight is 323 g/mol. The van der Waals surface area contributed by atoms with Gasteiger partial charge >= 0.3 is 0 Å². The van der Waals surface area contributed by atoms with Crippen molar-refractivity contribution in [3.63, 3.8) is 0 Å². The molecule has 1 atom stereocenters. The van der Waals surface area contributed by atoms with Crippen LogP contribution < -0.4 is 10.7 Å². The van der Waals surface area contributed by atoms with Gasteiger partial charge in [0.1, 0.15) is 5.75 Å². The largest absolute Gasteiger partial charge is 0.508 e. The zero-order chi connectivity index (χ0) is 17.1. The van der Waals surface area contributed by atoms with Crippen LogP contribution in [0.1, 0.15) is 29.3 Å². The number of hydrogen-bond donors (Lipinski definition) is 3. The monoisotopic (exact) mass is 323 g/mol. The number of phenolic OH excluding ortho intramolecular Hbond substituents is 1. The number of anilines is 1. The summed E-state index contributed by atoms with van der Waals surface area (Å²) in [5, 5.41) is 16.2. The van der Waals surface area contributed by atoms with Gasteiger partial charge in [0, 0.05) is 23.6 Å². The van der Waals surface area contributed by atoms with Crippen molar-refractivity contribution in [3.05, 3.63) is 59.7 Å². The van der Waals surface area contributed by atoms with Crippen molar-refractivity contribution in [2.24, 2.45) is 11.0 Å². The van der Waals surface area contributed by atoms with Crippen LogP contribution in [0.4, 0.5) is 5.69 Å². The van der Waals surface area contributed by atoms with E-state index in [9.17, 15) is 14.7 Å². The Bertz CT molecular complexity index is 795. The predicted molar refractivity (Wildman–Crippen MR) is 91.0 cm³/mol. The van der Waals surface area contributed by atoms with Crippen molar-refractivity contribution >= 4 is 23.2 Å². The highest BCUT2D eigenvalue weighted by molar-refractivity contribution is 6.07. The van der Waals surface area contributed by atoms with Crippen molar-refractivity contribution in [1.29, 1.82) is 0 Å². The van der Waals surface area contributed by atoms with Crippen LogP contribution in [-0.4, -0.2) is 22.6 Å². The Kier molecular flexibility index (Phi) is 4.29. The number of hydrazone groups is 1. The summed E-state index contributed by atoms with van der Waals surface area (Å²) >= 11 is 0. The van der Waals surface area contributed by atoms with Crippen LogP contribution >= 0.6 is 0 Å². The molecule has 1 heterocycles. The molecule has 0 saturated heterocycles. The number of rotatable bonds is 3. The molecule has 2 aromatic rings. The smallest absolute Gasteiger partial charge is 0.255 e. The van der Waals surface area contributed by atoms with Gasteiger partial charge in [-0.15, -0.1) is 0 Å². The molecular weight excluding hydrogens is 306 g/mol. The third-order valence-electron chi connectivity index (χ3n) is 3.83. The van der Waals surface area contributed by atoms with Crippen molar-refractivity contribution in [1.82, 2.24) is 5.43 Å². The zero-order valence-corrected chi connectivity index (χ0v) is 13.1. The summed E-state index contributed by atoms with van der Waals surface area (Å²) in [7, 11) is 0. The average Bonchev–Trinajstić information content (AvgIpc) is 2.56. The fourth-order valence-corrected chi connectivity index (χ4v) is 2.54. The maximum atomic E-state index is 12.1. The van der Waals surface area contributed by atoms with E-state index < -0.39 is 0 Å². The minimum absolute atomic E-state index is 0.0520. The van der Waals surface area contributed by atoms with Crippen LogP contribution in [0.15, 0.2) is 53.6 Å². The van der Waals surface area contributed by atoms with Gasteiger partial charge in [-0.1, -0.05) is 19.1 Å². The molecule has 3 N–H and O–H groups in total. The molecule has 0 radical (unpaired) electrons. The van der Waals surface area contributed by atoms with Gasteiger partial charge in [0.15, 0.2) is 0 Å². The summed E-state index contributed by atoms with van der Waals surface area (Å²) in [6.07, 6.45) is 0.415. The van der Waals surface area contributed by atoms with Crippen molar-refractivity contribution in [3.8, 4) is 5.75 Å². The van der Waals surface area contributed by atoms with E-state index in [1.807, 2.05) is 19.1 Å². The number of carbonyl (C=O) groups is 2. The number of phenols is 1. The lowest BCUT2D eigenvalue weighted by atomic mass is 9.94. The standard InChI is InChI=1S/C18H17N3O3/c1-11-10-16(23)20-21-17(11)12-2-6-14(7-3-12)19-18(24)13-4-8-15(22)9-5-13/h2-9,11,22H,10H2,1H3,(H,19,24)(H,20,23). The predicted octanol–water partition coefficient (Wildman–Crippen LogP) is 2.50. The van der Waals surface area contributed by atoms with E-state index in [-0.39, 0.29) is 23.5 Å². The summed E-state index contributed by atoms with van der Waals surface area (Å²) in [6, 6.07) is 13.3. The molecule has 0 spiro atoms.